The molecule has 0 N–H and O–H groups in total. The van der Waals surface area contributed by atoms with Crippen molar-refractivity contribution < 1.29 is 9.47 Å². The number of rotatable bonds is 3. The maximum atomic E-state index is 6.08. The molecule has 0 aliphatic carbocycles. The Bertz CT molecular complexity index is 604. The molecule has 1 aliphatic rings. The molecule has 2 heteroatoms. The number of hydrogen-bond donors (Lipinski definition) is 0. The largest absolute Gasteiger partial charge is 0.486 e. The summed E-state index contributed by atoms with van der Waals surface area (Å²) in [4.78, 5) is 0. The summed E-state index contributed by atoms with van der Waals surface area (Å²) in [5.41, 5.74) is 0.896. The third-order valence-corrected chi connectivity index (χ3v) is 3.40. The van der Waals surface area contributed by atoms with Gasteiger partial charge in [0.25, 0.3) is 0 Å². The predicted octanol–water partition coefficient (Wildman–Crippen LogP) is 4.32. The Morgan fingerprint density at radius 1 is 1.00 bits per heavy atom. The molecular formula is C18H18O2. The fraction of sp³-hybridized carbons (Fsp3) is 0.222. The maximum absolute atomic E-state index is 6.08. The van der Waals surface area contributed by atoms with Gasteiger partial charge in [0.15, 0.2) is 11.5 Å². The quantitative estimate of drug-likeness (QED) is 0.823. The molecule has 2 aromatic rings. The molecule has 0 bridgehead atoms. The lowest BCUT2D eigenvalue weighted by Gasteiger charge is -2.34. The van der Waals surface area contributed by atoms with Gasteiger partial charge in [0.2, 0.25) is 0 Å². The normalized spacial score (nSPS) is 21.1. The van der Waals surface area contributed by atoms with Gasteiger partial charge in [-0.15, -0.1) is 0 Å². The molecule has 1 heterocycles. The van der Waals surface area contributed by atoms with Gasteiger partial charge in [-0.3, -0.25) is 0 Å². The first kappa shape index (κ1) is 12.8. The Morgan fingerprint density at radius 3 is 2.50 bits per heavy atom. The summed E-state index contributed by atoms with van der Waals surface area (Å²) in [6.07, 6.45) is 5.08. The van der Waals surface area contributed by atoms with Crippen LogP contribution in [0.25, 0.3) is 6.08 Å². The van der Waals surface area contributed by atoms with Gasteiger partial charge >= 0.3 is 0 Å². The fourth-order valence-corrected chi connectivity index (χ4v) is 2.29. The summed E-state index contributed by atoms with van der Waals surface area (Å²) >= 11 is 0. The van der Waals surface area contributed by atoms with Crippen LogP contribution in [0.15, 0.2) is 60.7 Å². The van der Waals surface area contributed by atoms with E-state index in [0.29, 0.717) is 6.61 Å². The summed E-state index contributed by atoms with van der Waals surface area (Å²) in [6.45, 7) is 2.65. The van der Waals surface area contributed by atoms with E-state index in [9.17, 15) is 0 Å². The second kappa shape index (κ2) is 5.41. The molecule has 2 aromatic carbocycles. The molecule has 0 aromatic heterocycles. The zero-order valence-electron chi connectivity index (χ0n) is 11.6. The highest BCUT2D eigenvalue weighted by Gasteiger charge is 2.31. The topological polar surface area (TPSA) is 18.5 Å². The van der Waals surface area contributed by atoms with E-state index in [1.807, 2.05) is 42.5 Å². The van der Waals surface area contributed by atoms with Crippen LogP contribution in [0.1, 0.15) is 18.9 Å². The number of ether oxygens (including phenoxy) is 2. The van der Waals surface area contributed by atoms with Gasteiger partial charge < -0.3 is 9.47 Å². The van der Waals surface area contributed by atoms with Crippen molar-refractivity contribution in [3.05, 3.63) is 66.2 Å². The van der Waals surface area contributed by atoms with Crippen molar-refractivity contribution >= 4 is 6.08 Å². The van der Waals surface area contributed by atoms with E-state index in [4.69, 9.17) is 9.47 Å². The first-order valence-electron chi connectivity index (χ1n) is 6.88. The fourth-order valence-electron chi connectivity index (χ4n) is 2.29. The molecular weight excluding hydrogens is 248 g/mol. The molecule has 0 radical (unpaired) electrons. The van der Waals surface area contributed by atoms with Gasteiger partial charge in [0.1, 0.15) is 12.2 Å². The van der Waals surface area contributed by atoms with Gasteiger partial charge in [0.05, 0.1) is 0 Å². The van der Waals surface area contributed by atoms with E-state index in [-0.39, 0.29) is 5.60 Å². The first-order valence-corrected chi connectivity index (χ1v) is 6.88. The van der Waals surface area contributed by atoms with Crippen molar-refractivity contribution in [3.63, 3.8) is 0 Å². The van der Waals surface area contributed by atoms with Crippen LogP contribution in [0, 0.1) is 0 Å². The molecule has 1 atom stereocenters. The van der Waals surface area contributed by atoms with Crippen LogP contribution >= 0.6 is 0 Å². The summed E-state index contributed by atoms with van der Waals surface area (Å²) in [5.74, 6) is 1.66. The van der Waals surface area contributed by atoms with Crippen molar-refractivity contribution in [2.45, 2.75) is 18.9 Å². The second-order valence-electron chi connectivity index (χ2n) is 5.30. The Morgan fingerprint density at radius 2 is 1.70 bits per heavy atom. The summed E-state index contributed by atoms with van der Waals surface area (Å²) < 4.78 is 11.9. The lowest BCUT2D eigenvalue weighted by atomic mass is 10.0. The van der Waals surface area contributed by atoms with E-state index in [0.717, 1.165) is 17.9 Å². The van der Waals surface area contributed by atoms with Crippen LogP contribution in [-0.2, 0) is 0 Å². The van der Waals surface area contributed by atoms with Gasteiger partial charge in [-0.2, -0.15) is 0 Å². The average Bonchev–Trinajstić information content (AvgIpc) is 2.48. The summed E-state index contributed by atoms with van der Waals surface area (Å²) in [7, 11) is 0. The average molecular weight is 266 g/mol. The summed E-state index contributed by atoms with van der Waals surface area (Å²) in [6, 6.07) is 18.1. The predicted molar refractivity (Wildman–Crippen MR) is 81.1 cm³/mol. The van der Waals surface area contributed by atoms with Gasteiger partial charge in [-0.05, 0) is 24.6 Å². The van der Waals surface area contributed by atoms with E-state index in [1.54, 1.807) is 0 Å². The van der Waals surface area contributed by atoms with Crippen LogP contribution in [0.2, 0.25) is 0 Å². The van der Waals surface area contributed by atoms with E-state index in [1.165, 1.54) is 5.56 Å². The molecule has 0 fully saturated rings. The Labute approximate surface area is 119 Å². The van der Waals surface area contributed by atoms with Crippen molar-refractivity contribution in [1.82, 2.24) is 0 Å². The van der Waals surface area contributed by atoms with Crippen molar-refractivity contribution in [2.75, 3.05) is 6.61 Å². The molecule has 0 saturated carbocycles. The van der Waals surface area contributed by atoms with Gasteiger partial charge in [-0.25, -0.2) is 0 Å². The molecule has 0 amide bonds. The SMILES string of the molecule is C[C@]1(C/C=C/c2ccccc2)COc2ccccc2O1. The standard InChI is InChI=1S/C18H18O2/c1-18(13-7-10-15-8-3-2-4-9-15)14-19-16-11-5-6-12-17(16)20-18/h2-12H,13-14H2,1H3/b10-7+/t18-/m0/s1. The first-order chi connectivity index (χ1) is 9.75. The van der Waals surface area contributed by atoms with Crippen LogP contribution < -0.4 is 9.47 Å². The summed E-state index contributed by atoms with van der Waals surface area (Å²) in [5, 5.41) is 0. The zero-order valence-corrected chi connectivity index (χ0v) is 11.6. The smallest absolute Gasteiger partial charge is 0.162 e. The molecule has 102 valence electrons. The van der Waals surface area contributed by atoms with Crippen molar-refractivity contribution in [2.24, 2.45) is 0 Å². The lowest BCUT2D eigenvalue weighted by molar-refractivity contribution is 0.00875. The van der Waals surface area contributed by atoms with E-state index in [2.05, 4.69) is 31.2 Å². The lowest BCUT2D eigenvalue weighted by Crippen LogP contribution is -2.41. The number of benzene rings is 2. The van der Waals surface area contributed by atoms with Crippen LogP contribution in [-0.4, -0.2) is 12.2 Å². The Balaban J connectivity index is 1.68. The van der Waals surface area contributed by atoms with Gasteiger partial charge in [-0.1, -0.05) is 54.6 Å². The zero-order chi connectivity index (χ0) is 13.8. The molecule has 3 rings (SSSR count). The van der Waals surface area contributed by atoms with Crippen molar-refractivity contribution in [3.8, 4) is 11.5 Å². The molecule has 2 nitrogen and oxygen atoms in total. The highest BCUT2D eigenvalue weighted by molar-refractivity contribution is 5.49. The maximum Gasteiger partial charge on any atom is 0.162 e. The van der Waals surface area contributed by atoms with Crippen LogP contribution in [0.4, 0.5) is 0 Å². The third kappa shape index (κ3) is 2.85. The van der Waals surface area contributed by atoms with E-state index < -0.39 is 0 Å². The Kier molecular flexibility index (Phi) is 3.46. The highest BCUT2D eigenvalue weighted by Crippen LogP contribution is 2.36. The highest BCUT2D eigenvalue weighted by atomic mass is 16.6. The molecule has 1 aliphatic heterocycles. The molecule has 0 unspecified atom stereocenters. The minimum absolute atomic E-state index is 0.306. The second-order valence-corrected chi connectivity index (χ2v) is 5.30. The van der Waals surface area contributed by atoms with E-state index >= 15 is 0 Å². The minimum Gasteiger partial charge on any atom is -0.486 e. The third-order valence-electron chi connectivity index (χ3n) is 3.40. The number of fused-ring (bicyclic) bond motifs is 1. The Hall–Kier alpha value is -2.22. The van der Waals surface area contributed by atoms with Crippen molar-refractivity contribution in [1.29, 1.82) is 0 Å². The number of hydrogen-bond acceptors (Lipinski definition) is 2. The molecule has 20 heavy (non-hydrogen) atoms. The monoisotopic (exact) mass is 266 g/mol. The minimum atomic E-state index is -0.306. The molecule has 0 saturated heterocycles. The molecule has 0 spiro atoms. The van der Waals surface area contributed by atoms with Crippen LogP contribution in [0.5, 0.6) is 11.5 Å². The number of para-hydroxylation sites is 2. The van der Waals surface area contributed by atoms with Crippen LogP contribution in [0.3, 0.4) is 0 Å². The van der Waals surface area contributed by atoms with Gasteiger partial charge in [0, 0.05) is 6.42 Å².